The van der Waals surface area contributed by atoms with Crippen LogP contribution in [0.15, 0.2) is 72.8 Å². The van der Waals surface area contributed by atoms with Crippen molar-refractivity contribution in [2.24, 2.45) is 17.2 Å². The lowest BCUT2D eigenvalue weighted by Crippen LogP contribution is -2.52. The first-order chi connectivity index (χ1) is 21.9. The first-order valence-electron chi connectivity index (χ1n) is 14.6. The maximum absolute atomic E-state index is 13.6. The molecule has 3 aromatic carbocycles. The molecule has 0 aliphatic rings. The number of carbonyl (C=O) groups is 3. The molecule has 3 amide bonds. The van der Waals surface area contributed by atoms with E-state index in [0.29, 0.717) is 12.2 Å². The molecule has 14 heteroatoms. The molecule has 2 unspecified atom stereocenters. The first kappa shape index (κ1) is 35.8. The van der Waals surface area contributed by atoms with E-state index in [1.807, 2.05) is 30.3 Å². The summed E-state index contributed by atoms with van der Waals surface area (Å²) in [5, 5.41) is 5.06. The van der Waals surface area contributed by atoms with Gasteiger partial charge in [0.2, 0.25) is 17.7 Å². The molecule has 2 atom stereocenters. The Kier molecular flexibility index (Phi) is 13.4. The number of nitrogens with zero attached hydrogens (tertiary/aromatic N) is 1. The third kappa shape index (κ3) is 10.8. The Bertz CT molecular complexity index is 1430. The number of halogens is 3. The van der Waals surface area contributed by atoms with Gasteiger partial charge in [0.15, 0.2) is 5.75 Å². The number of amides is 3. The van der Waals surface area contributed by atoms with Gasteiger partial charge >= 0.3 is 6.18 Å². The summed E-state index contributed by atoms with van der Waals surface area (Å²) < 4.78 is 51.9. The van der Waals surface area contributed by atoms with E-state index in [1.54, 1.807) is 24.3 Å². The summed E-state index contributed by atoms with van der Waals surface area (Å²) in [6, 6.07) is 15.5. The summed E-state index contributed by atoms with van der Waals surface area (Å²) in [6.07, 6.45) is -4.67. The topological polar surface area (TPSA) is 175 Å². The Morgan fingerprint density at radius 2 is 1.52 bits per heavy atom. The Balaban J connectivity index is 1.85. The number of methoxy groups -OCH3 is 1. The van der Waals surface area contributed by atoms with Gasteiger partial charge < -0.3 is 42.2 Å². The highest BCUT2D eigenvalue weighted by Crippen LogP contribution is 2.37. The molecular weight excluding hydrogens is 605 g/mol. The van der Waals surface area contributed by atoms with E-state index in [0.717, 1.165) is 23.8 Å². The van der Waals surface area contributed by atoms with E-state index >= 15 is 0 Å². The number of aryl methyl sites for hydroxylation is 1. The molecule has 11 nitrogen and oxygen atoms in total. The Morgan fingerprint density at radius 3 is 2.11 bits per heavy atom. The number of alkyl halides is 3. The van der Waals surface area contributed by atoms with Crippen molar-refractivity contribution in [2.75, 3.05) is 38.6 Å². The van der Waals surface area contributed by atoms with E-state index in [4.69, 9.17) is 26.7 Å². The van der Waals surface area contributed by atoms with Crippen LogP contribution in [0.2, 0.25) is 0 Å². The van der Waals surface area contributed by atoms with Crippen LogP contribution in [0, 0.1) is 0 Å². The minimum absolute atomic E-state index is 0.0677. The number of nitrogens with one attached hydrogen (secondary N) is 2. The lowest BCUT2D eigenvalue weighted by Gasteiger charge is -2.24. The molecule has 0 radical (unpaired) electrons. The highest BCUT2D eigenvalue weighted by Gasteiger charge is 2.32. The molecule has 0 aromatic heterocycles. The molecule has 3 rings (SSSR count). The molecule has 0 spiro atoms. The highest BCUT2D eigenvalue weighted by atomic mass is 19.4. The van der Waals surface area contributed by atoms with Gasteiger partial charge in [0.1, 0.15) is 17.5 Å². The lowest BCUT2D eigenvalue weighted by atomic mass is 10.0. The number of rotatable bonds is 16. The van der Waals surface area contributed by atoms with Crippen molar-refractivity contribution in [1.82, 2.24) is 10.2 Å². The zero-order chi connectivity index (χ0) is 33.7. The second kappa shape index (κ2) is 17.1. The Labute approximate surface area is 265 Å². The van der Waals surface area contributed by atoms with Crippen LogP contribution in [0.5, 0.6) is 17.2 Å². The van der Waals surface area contributed by atoms with E-state index < -0.39 is 41.5 Å². The third-order valence-corrected chi connectivity index (χ3v) is 6.93. The fourth-order valence-electron chi connectivity index (χ4n) is 4.47. The second-order valence-corrected chi connectivity index (χ2v) is 10.3. The van der Waals surface area contributed by atoms with Crippen molar-refractivity contribution in [3.8, 4) is 17.2 Å². The van der Waals surface area contributed by atoms with Crippen LogP contribution in [-0.2, 0) is 27.0 Å². The molecular formula is C32H39F3N6O5. The lowest BCUT2D eigenvalue weighted by molar-refractivity contribution is -0.137. The zero-order valence-corrected chi connectivity index (χ0v) is 25.4. The highest BCUT2D eigenvalue weighted by molar-refractivity contribution is 5.99. The molecule has 0 saturated heterocycles. The van der Waals surface area contributed by atoms with Gasteiger partial charge in [-0.25, -0.2) is 0 Å². The minimum Gasteiger partial charge on any atom is -0.497 e. The van der Waals surface area contributed by atoms with Crippen LogP contribution in [0.1, 0.15) is 24.0 Å². The van der Waals surface area contributed by atoms with E-state index in [9.17, 15) is 27.6 Å². The standard InChI is InChI=1S/C32H39F3N6O5/c1-45-23-9-11-24(12-10-23)46-28-14-8-22(32(33,34)35)19-27(28)40-31(44)26(13-7-21-5-3-2-4-6-21)39-30(43)25(38)20-29(42)41(17-15-36)18-16-37/h2-6,8-12,14,19,25-26H,7,13,15-18,20,36-38H2,1H3,(H,39,43)(H,40,44). The van der Waals surface area contributed by atoms with Crippen molar-refractivity contribution in [1.29, 1.82) is 0 Å². The van der Waals surface area contributed by atoms with Gasteiger partial charge in [-0.1, -0.05) is 30.3 Å². The average molecular weight is 645 g/mol. The molecule has 46 heavy (non-hydrogen) atoms. The van der Waals surface area contributed by atoms with Crippen LogP contribution in [0.25, 0.3) is 0 Å². The fourth-order valence-corrected chi connectivity index (χ4v) is 4.47. The van der Waals surface area contributed by atoms with Crippen LogP contribution in [-0.4, -0.2) is 68.0 Å². The molecule has 8 N–H and O–H groups in total. The van der Waals surface area contributed by atoms with Gasteiger partial charge in [-0.2, -0.15) is 13.2 Å². The van der Waals surface area contributed by atoms with E-state index in [1.165, 1.54) is 12.0 Å². The van der Waals surface area contributed by atoms with Crippen molar-refractivity contribution in [3.63, 3.8) is 0 Å². The summed E-state index contributed by atoms with van der Waals surface area (Å²) >= 11 is 0. The molecule has 0 bridgehead atoms. The van der Waals surface area contributed by atoms with Gasteiger partial charge in [0.05, 0.1) is 30.8 Å². The van der Waals surface area contributed by atoms with Crippen molar-refractivity contribution < 1.29 is 37.0 Å². The maximum atomic E-state index is 13.6. The van der Waals surface area contributed by atoms with E-state index in [-0.39, 0.29) is 56.2 Å². The number of hydrogen-bond acceptors (Lipinski definition) is 8. The number of benzene rings is 3. The van der Waals surface area contributed by atoms with Crippen molar-refractivity contribution >= 4 is 23.4 Å². The fraction of sp³-hybridized carbons (Fsp3) is 0.344. The number of ether oxygens (including phenoxy) is 2. The van der Waals surface area contributed by atoms with Gasteiger partial charge in [-0.15, -0.1) is 0 Å². The predicted octanol–water partition coefficient (Wildman–Crippen LogP) is 3.03. The zero-order valence-electron chi connectivity index (χ0n) is 25.4. The number of carbonyl (C=O) groups excluding carboxylic acids is 3. The van der Waals surface area contributed by atoms with Gasteiger partial charge in [-0.05, 0) is 60.9 Å². The Hall–Kier alpha value is -4.66. The molecule has 248 valence electrons. The van der Waals surface area contributed by atoms with Gasteiger partial charge in [0.25, 0.3) is 0 Å². The molecule has 0 saturated carbocycles. The maximum Gasteiger partial charge on any atom is 0.416 e. The molecule has 0 fully saturated rings. The summed E-state index contributed by atoms with van der Waals surface area (Å²) in [6.45, 7) is 0.831. The molecule has 0 heterocycles. The van der Waals surface area contributed by atoms with Crippen LogP contribution in [0.4, 0.5) is 18.9 Å². The van der Waals surface area contributed by atoms with Crippen LogP contribution < -0.4 is 37.3 Å². The largest absolute Gasteiger partial charge is 0.497 e. The molecule has 3 aromatic rings. The monoisotopic (exact) mass is 644 g/mol. The minimum atomic E-state index is -4.71. The van der Waals surface area contributed by atoms with Gasteiger partial charge in [0, 0.05) is 26.2 Å². The quantitative estimate of drug-likeness (QED) is 0.158. The number of hydrogen-bond donors (Lipinski definition) is 5. The normalized spacial score (nSPS) is 12.5. The number of anilines is 1. The second-order valence-electron chi connectivity index (χ2n) is 10.3. The van der Waals surface area contributed by atoms with Crippen molar-refractivity contribution in [3.05, 3.63) is 83.9 Å². The smallest absolute Gasteiger partial charge is 0.416 e. The summed E-state index contributed by atoms with van der Waals surface area (Å²) in [5.74, 6) is -1.29. The first-order valence-corrected chi connectivity index (χ1v) is 14.6. The molecule has 0 aliphatic heterocycles. The van der Waals surface area contributed by atoms with E-state index in [2.05, 4.69) is 10.6 Å². The molecule has 0 aliphatic carbocycles. The third-order valence-electron chi connectivity index (χ3n) is 6.93. The summed E-state index contributed by atoms with van der Waals surface area (Å²) in [7, 11) is 1.48. The average Bonchev–Trinajstić information content (AvgIpc) is 3.03. The van der Waals surface area contributed by atoms with Crippen LogP contribution >= 0.6 is 0 Å². The predicted molar refractivity (Wildman–Crippen MR) is 167 cm³/mol. The number of nitrogens with two attached hydrogens (primary N) is 3. The van der Waals surface area contributed by atoms with Crippen molar-refractivity contribution in [2.45, 2.75) is 37.5 Å². The van der Waals surface area contributed by atoms with Crippen LogP contribution in [0.3, 0.4) is 0 Å². The Morgan fingerprint density at radius 1 is 0.891 bits per heavy atom. The van der Waals surface area contributed by atoms with Gasteiger partial charge in [-0.3, -0.25) is 14.4 Å². The summed E-state index contributed by atoms with van der Waals surface area (Å²) in [4.78, 5) is 40.8. The summed E-state index contributed by atoms with van der Waals surface area (Å²) in [5.41, 5.74) is 16.7. The SMILES string of the molecule is COc1ccc(Oc2ccc(C(F)(F)F)cc2NC(=O)C(CCc2ccccc2)NC(=O)C(N)CC(=O)N(CCN)CCN)cc1.